The van der Waals surface area contributed by atoms with Crippen LogP contribution in [-0.4, -0.2) is 35.1 Å². The molecule has 2 aromatic carbocycles. The van der Waals surface area contributed by atoms with E-state index in [4.69, 9.17) is 4.74 Å². The lowest BCUT2D eigenvalue weighted by atomic mass is 10.0. The van der Waals surface area contributed by atoms with Gasteiger partial charge in [0.1, 0.15) is 11.6 Å². The summed E-state index contributed by atoms with van der Waals surface area (Å²) in [6.45, 7) is 6.67. The van der Waals surface area contributed by atoms with Gasteiger partial charge in [-0.25, -0.2) is 4.79 Å². The Morgan fingerprint density at radius 1 is 1.19 bits per heavy atom. The van der Waals surface area contributed by atoms with Crippen LogP contribution in [0.3, 0.4) is 0 Å². The molecule has 1 fully saturated rings. The minimum absolute atomic E-state index is 0.0463. The molecule has 1 atom stereocenters. The SMILES string of the molecule is CC(C)(C)OC(=O)N[C@H]1CCCN(Cc2cccc3ccccc23)C1=O. The van der Waals surface area contributed by atoms with Crippen molar-refractivity contribution in [2.24, 2.45) is 0 Å². The van der Waals surface area contributed by atoms with E-state index in [1.165, 1.54) is 0 Å². The number of fused-ring (bicyclic) bond motifs is 1. The van der Waals surface area contributed by atoms with E-state index >= 15 is 0 Å². The van der Waals surface area contributed by atoms with Crippen molar-refractivity contribution in [3.05, 3.63) is 48.0 Å². The molecule has 1 aliphatic heterocycles. The molecule has 5 heteroatoms. The first kappa shape index (κ1) is 18.2. The van der Waals surface area contributed by atoms with Gasteiger partial charge in [0.05, 0.1) is 0 Å². The smallest absolute Gasteiger partial charge is 0.408 e. The van der Waals surface area contributed by atoms with E-state index in [0.29, 0.717) is 19.5 Å². The Hall–Kier alpha value is -2.56. The summed E-state index contributed by atoms with van der Waals surface area (Å²) in [5, 5.41) is 5.05. The van der Waals surface area contributed by atoms with E-state index in [1.807, 2.05) is 43.9 Å². The minimum atomic E-state index is -0.579. The lowest BCUT2D eigenvalue weighted by Gasteiger charge is -2.33. The largest absolute Gasteiger partial charge is 0.444 e. The van der Waals surface area contributed by atoms with Gasteiger partial charge < -0.3 is 15.0 Å². The number of nitrogens with zero attached hydrogens (tertiary/aromatic N) is 1. The summed E-state index contributed by atoms with van der Waals surface area (Å²) in [6.07, 6.45) is 0.962. The van der Waals surface area contributed by atoms with Crippen molar-refractivity contribution in [2.75, 3.05) is 6.54 Å². The van der Waals surface area contributed by atoms with Gasteiger partial charge in [-0.05, 0) is 49.9 Å². The van der Waals surface area contributed by atoms with Gasteiger partial charge in [0.25, 0.3) is 0 Å². The molecule has 0 bridgehead atoms. The maximum atomic E-state index is 12.8. The topological polar surface area (TPSA) is 58.6 Å². The van der Waals surface area contributed by atoms with Crippen molar-refractivity contribution >= 4 is 22.8 Å². The van der Waals surface area contributed by atoms with Crippen LogP contribution < -0.4 is 5.32 Å². The minimum Gasteiger partial charge on any atom is -0.444 e. The number of piperidine rings is 1. The van der Waals surface area contributed by atoms with Crippen molar-refractivity contribution in [2.45, 2.75) is 51.8 Å². The first-order chi connectivity index (χ1) is 12.3. The number of alkyl carbamates (subject to hydrolysis) is 1. The number of ether oxygens (including phenoxy) is 1. The molecule has 26 heavy (non-hydrogen) atoms. The molecule has 138 valence electrons. The Kier molecular flexibility index (Phi) is 5.16. The highest BCUT2D eigenvalue weighted by atomic mass is 16.6. The molecule has 1 N–H and O–H groups in total. The Bertz CT molecular complexity index is 805. The predicted octanol–water partition coefficient (Wildman–Crippen LogP) is 3.86. The molecule has 0 aliphatic carbocycles. The van der Waals surface area contributed by atoms with Crippen LogP contribution in [0.2, 0.25) is 0 Å². The number of hydrogen-bond donors (Lipinski definition) is 1. The predicted molar refractivity (Wildman–Crippen MR) is 102 cm³/mol. The van der Waals surface area contributed by atoms with Crippen LogP contribution in [0.25, 0.3) is 10.8 Å². The highest BCUT2D eigenvalue weighted by molar-refractivity contribution is 5.88. The van der Waals surface area contributed by atoms with Crippen LogP contribution in [0.4, 0.5) is 4.79 Å². The van der Waals surface area contributed by atoms with Crippen molar-refractivity contribution in [1.82, 2.24) is 10.2 Å². The number of nitrogens with one attached hydrogen (secondary N) is 1. The molecule has 5 nitrogen and oxygen atoms in total. The van der Waals surface area contributed by atoms with E-state index in [2.05, 4.69) is 29.6 Å². The molecule has 1 aliphatic rings. The van der Waals surface area contributed by atoms with Crippen LogP contribution >= 0.6 is 0 Å². The number of carbonyl (C=O) groups is 2. The molecule has 0 radical (unpaired) electrons. The maximum Gasteiger partial charge on any atom is 0.408 e. The number of likely N-dealkylation sites (tertiary alicyclic amines) is 1. The van der Waals surface area contributed by atoms with Gasteiger partial charge in [0, 0.05) is 13.1 Å². The summed E-state index contributed by atoms with van der Waals surface area (Å²) in [5.41, 5.74) is 0.541. The zero-order valence-electron chi connectivity index (χ0n) is 15.6. The quantitative estimate of drug-likeness (QED) is 0.911. The second-order valence-electron chi connectivity index (χ2n) is 7.74. The van der Waals surface area contributed by atoms with Crippen LogP contribution in [0.5, 0.6) is 0 Å². The Balaban J connectivity index is 1.71. The van der Waals surface area contributed by atoms with Gasteiger partial charge in [0.15, 0.2) is 0 Å². The van der Waals surface area contributed by atoms with Gasteiger partial charge in [0.2, 0.25) is 5.91 Å². The monoisotopic (exact) mass is 354 g/mol. The molecular formula is C21H26N2O3. The molecule has 1 heterocycles. The first-order valence-electron chi connectivity index (χ1n) is 9.08. The number of benzene rings is 2. The van der Waals surface area contributed by atoms with Gasteiger partial charge in [-0.3, -0.25) is 4.79 Å². The van der Waals surface area contributed by atoms with Crippen molar-refractivity contribution in [3.63, 3.8) is 0 Å². The molecule has 2 amide bonds. The third kappa shape index (κ3) is 4.34. The maximum absolute atomic E-state index is 12.8. The fourth-order valence-electron chi connectivity index (χ4n) is 3.32. The van der Waals surface area contributed by atoms with Crippen LogP contribution in [0, 0.1) is 0 Å². The summed E-state index contributed by atoms with van der Waals surface area (Å²) < 4.78 is 5.28. The lowest BCUT2D eigenvalue weighted by Crippen LogP contribution is -2.52. The highest BCUT2D eigenvalue weighted by Gasteiger charge is 2.31. The molecule has 3 rings (SSSR count). The average molecular weight is 354 g/mol. The third-order valence-corrected chi connectivity index (χ3v) is 4.46. The van der Waals surface area contributed by atoms with Crippen LogP contribution in [0.15, 0.2) is 42.5 Å². The highest BCUT2D eigenvalue weighted by Crippen LogP contribution is 2.22. The molecular weight excluding hydrogens is 328 g/mol. The van der Waals surface area contributed by atoms with Crippen molar-refractivity contribution in [3.8, 4) is 0 Å². The van der Waals surface area contributed by atoms with E-state index in [-0.39, 0.29) is 5.91 Å². The second kappa shape index (κ2) is 7.36. The molecule has 0 aromatic heterocycles. The fraction of sp³-hybridized carbons (Fsp3) is 0.429. The van der Waals surface area contributed by atoms with Gasteiger partial charge in [-0.1, -0.05) is 42.5 Å². The zero-order chi connectivity index (χ0) is 18.7. The standard InChI is InChI=1S/C21H26N2O3/c1-21(2,3)26-20(25)22-18-12-7-13-23(19(18)24)14-16-10-6-9-15-8-4-5-11-17(15)16/h4-6,8-11,18H,7,12-14H2,1-3H3,(H,22,25)/t18-/m0/s1. The van der Waals surface area contributed by atoms with Gasteiger partial charge in [-0.15, -0.1) is 0 Å². The summed E-state index contributed by atoms with van der Waals surface area (Å²) in [4.78, 5) is 26.7. The van der Waals surface area contributed by atoms with E-state index in [9.17, 15) is 9.59 Å². The summed E-state index contributed by atoms with van der Waals surface area (Å²) in [5.74, 6) is -0.0463. The Morgan fingerprint density at radius 3 is 2.69 bits per heavy atom. The summed E-state index contributed by atoms with van der Waals surface area (Å²) >= 11 is 0. The zero-order valence-corrected chi connectivity index (χ0v) is 15.6. The number of amides is 2. The van der Waals surface area contributed by atoms with Crippen LogP contribution in [-0.2, 0) is 16.1 Å². The third-order valence-electron chi connectivity index (χ3n) is 4.46. The molecule has 0 saturated carbocycles. The molecule has 1 saturated heterocycles. The van der Waals surface area contributed by atoms with E-state index in [1.54, 1.807) is 0 Å². The Morgan fingerprint density at radius 2 is 1.92 bits per heavy atom. The normalized spacial score (nSPS) is 18.0. The first-order valence-corrected chi connectivity index (χ1v) is 9.08. The fourth-order valence-corrected chi connectivity index (χ4v) is 3.32. The van der Waals surface area contributed by atoms with Crippen molar-refractivity contribution in [1.29, 1.82) is 0 Å². The summed E-state index contributed by atoms with van der Waals surface area (Å²) in [7, 11) is 0. The molecule has 0 spiro atoms. The second-order valence-corrected chi connectivity index (χ2v) is 7.74. The molecule has 2 aromatic rings. The summed E-state index contributed by atoms with van der Waals surface area (Å²) in [6, 6.07) is 13.8. The number of rotatable bonds is 3. The lowest BCUT2D eigenvalue weighted by molar-refractivity contribution is -0.136. The number of hydrogen-bond acceptors (Lipinski definition) is 3. The van der Waals surface area contributed by atoms with E-state index < -0.39 is 17.7 Å². The van der Waals surface area contributed by atoms with Gasteiger partial charge >= 0.3 is 6.09 Å². The molecule has 0 unspecified atom stereocenters. The van der Waals surface area contributed by atoms with Crippen molar-refractivity contribution < 1.29 is 14.3 Å². The van der Waals surface area contributed by atoms with Crippen LogP contribution in [0.1, 0.15) is 39.2 Å². The Labute approximate surface area is 154 Å². The van der Waals surface area contributed by atoms with E-state index in [0.717, 1.165) is 22.8 Å². The average Bonchev–Trinajstić information content (AvgIpc) is 2.57. The van der Waals surface area contributed by atoms with Gasteiger partial charge in [-0.2, -0.15) is 0 Å². The number of carbonyl (C=O) groups excluding carboxylic acids is 2.